The van der Waals surface area contributed by atoms with Crippen LogP contribution in [0.25, 0.3) is 0 Å². The fourth-order valence-corrected chi connectivity index (χ4v) is 6.05. The van der Waals surface area contributed by atoms with Crippen molar-refractivity contribution in [1.82, 2.24) is 10.0 Å². The van der Waals surface area contributed by atoms with Crippen molar-refractivity contribution in [3.63, 3.8) is 0 Å². The molecule has 1 N–H and O–H groups in total. The number of hydroxylamine groups is 2. The van der Waals surface area contributed by atoms with Crippen LogP contribution < -0.4 is 0 Å². The van der Waals surface area contributed by atoms with Gasteiger partial charge in [-0.05, 0) is 36.1 Å². The van der Waals surface area contributed by atoms with Crippen molar-refractivity contribution in [2.75, 3.05) is 5.75 Å². The molecule has 0 aliphatic carbocycles. The van der Waals surface area contributed by atoms with Crippen molar-refractivity contribution in [1.29, 1.82) is 0 Å². The summed E-state index contributed by atoms with van der Waals surface area (Å²) in [6, 6.07) is 10.1. The van der Waals surface area contributed by atoms with Crippen LogP contribution in [-0.4, -0.2) is 35.0 Å². The van der Waals surface area contributed by atoms with E-state index in [0.717, 1.165) is 18.4 Å². The normalized spacial score (nSPS) is 25.4. The van der Waals surface area contributed by atoms with E-state index in [1.54, 1.807) is 30.6 Å². The third-order valence-electron chi connectivity index (χ3n) is 5.39. The Morgan fingerprint density at radius 3 is 2.65 bits per heavy atom. The molecule has 0 unspecified atom stereocenters. The van der Waals surface area contributed by atoms with Crippen molar-refractivity contribution in [2.45, 2.75) is 56.0 Å². The summed E-state index contributed by atoms with van der Waals surface area (Å²) in [5.74, 6) is -0.0826. The third-order valence-corrected chi connectivity index (χ3v) is 7.35. The van der Waals surface area contributed by atoms with Gasteiger partial charge in [0.1, 0.15) is 0 Å². The second kappa shape index (κ2) is 7.47. The lowest BCUT2D eigenvalue weighted by Gasteiger charge is -2.41. The standard InChI is InChI=1S/C20H26N2O3S/c1-3-5-12-20(4-2)15-26(24,25)18-11-7-6-10-17(18)19(22(20)23)16-9-8-13-21-14-16/h6-11,13-14,19,23H,3-5,12,15H2,1-2H3/t19-,20-/m1/s1. The highest BCUT2D eigenvalue weighted by molar-refractivity contribution is 7.91. The number of aromatic nitrogens is 1. The maximum absolute atomic E-state index is 13.2. The van der Waals surface area contributed by atoms with Gasteiger partial charge in [-0.25, -0.2) is 8.42 Å². The first-order chi connectivity index (χ1) is 12.4. The molecular formula is C20H26N2O3S. The van der Waals surface area contributed by atoms with Crippen molar-refractivity contribution in [3.05, 3.63) is 59.9 Å². The van der Waals surface area contributed by atoms with Crippen LogP contribution in [0, 0.1) is 0 Å². The predicted octanol–water partition coefficient (Wildman–Crippen LogP) is 3.99. The van der Waals surface area contributed by atoms with Crippen LogP contribution in [0.4, 0.5) is 0 Å². The van der Waals surface area contributed by atoms with Crippen LogP contribution in [0.15, 0.2) is 53.7 Å². The highest BCUT2D eigenvalue weighted by Gasteiger charge is 2.47. The molecule has 0 saturated heterocycles. The molecular weight excluding hydrogens is 348 g/mol. The maximum atomic E-state index is 13.2. The smallest absolute Gasteiger partial charge is 0.180 e. The van der Waals surface area contributed by atoms with Gasteiger partial charge in [-0.3, -0.25) is 4.98 Å². The molecule has 2 aromatic rings. The molecule has 1 aliphatic rings. The average Bonchev–Trinajstić information content (AvgIpc) is 2.73. The molecule has 6 heteroatoms. The van der Waals surface area contributed by atoms with E-state index >= 15 is 0 Å². The second-order valence-corrected chi connectivity index (χ2v) is 8.97. The van der Waals surface area contributed by atoms with Crippen LogP contribution in [-0.2, 0) is 9.84 Å². The highest BCUT2D eigenvalue weighted by atomic mass is 32.2. The summed E-state index contributed by atoms with van der Waals surface area (Å²) in [5, 5.41) is 12.7. The van der Waals surface area contributed by atoms with Crippen LogP contribution in [0.1, 0.15) is 56.7 Å². The van der Waals surface area contributed by atoms with Gasteiger partial charge in [-0.2, -0.15) is 5.06 Å². The summed E-state index contributed by atoms with van der Waals surface area (Å²) in [7, 11) is -3.52. The second-order valence-electron chi connectivity index (χ2n) is 7.01. The number of unbranched alkanes of at least 4 members (excludes halogenated alkanes) is 1. The van der Waals surface area contributed by atoms with E-state index in [-0.39, 0.29) is 5.75 Å². The molecule has 3 rings (SSSR count). The number of rotatable bonds is 5. The molecule has 26 heavy (non-hydrogen) atoms. The lowest BCUT2D eigenvalue weighted by molar-refractivity contribution is -0.193. The zero-order valence-electron chi connectivity index (χ0n) is 15.3. The topological polar surface area (TPSA) is 70.5 Å². The molecule has 1 aliphatic heterocycles. The van der Waals surface area contributed by atoms with E-state index in [9.17, 15) is 13.6 Å². The fourth-order valence-electron chi connectivity index (χ4n) is 3.88. The molecule has 2 atom stereocenters. The summed E-state index contributed by atoms with van der Waals surface area (Å²) < 4.78 is 26.4. The Labute approximate surface area is 155 Å². The summed E-state index contributed by atoms with van der Waals surface area (Å²) in [6.07, 6.45) is 6.35. The number of fused-ring (bicyclic) bond motifs is 1. The molecule has 0 bridgehead atoms. The quantitative estimate of drug-likeness (QED) is 0.857. The fraction of sp³-hybridized carbons (Fsp3) is 0.450. The summed E-state index contributed by atoms with van der Waals surface area (Å²) in [4.78, 5) is 4.49. The highest BCUT2D eigenvalue weighted by Crippen LogP contribution is 2.43. The van der Waals surface area contributed by atoms with E-state index < -0.39 is 21.4 Å². The Morgan fingerprint density at radius 2 is 2.00 bits per heavy atom. The Balaban J connectivity index is 2.25. The molecule has 0 radical (unpaired) electrons. The van der Waals surface area contributed by atoms with Gasteiger partial charge in [-0.15, -0.1) is 0 Å². The van der Waals surface area contributed by atoms with Gasteiger partial charge in [0, 0.05) is 12.4 Å². The zero-order chi connectivity index (χ0) is 18.8. The van der Waals surface area contributed by atoms with E-state index in [4.69, 9.17) is 0 Å². The lowest BCUT2D eigenvalue weighted by atomic mass is 9.87. The monoisotopic (exact) mass is 374 g/mol. The largest absolute Gasteiger partial charge is 0.312 e. The summed E-state index contributed by atoms with van der Waals surface area (Å²) >= 11 is 0. The number of pyridine rings is 1. The molecule has 140 valence electrons. The molecule has 5 nitrogen and oxygen atoms in total. The lowest BCUT2D eigenvalue weighted by Crippen LogP contribution is -2.51. The SMILES string of the molecule is CCCC[C@]1(CC)CS(=O)(=O)c2ccccc2[C@@H](c2cccnc2)N1O. The molecule has 0 spiro atoms. The van der Waals surface area contributed by atoms with Crippen LogP contribution in [0.3, 0.4) is 0 Å². The number of sulfone groups is 1. The third kappa shape index (κ3) is 3.29. The van der Waals surface area contributed by atoms with Crippen LogP contribution in [0.2, 0.25) is 0 Å². The number of benzene rings is 1. The molecule has 0 fully saturated rings. The minimum Gasteiger partial charge on any atom is -0.312 e. The Morgan fingerprint density at radius 1 is 1.23 bits per heavy atom. The van der Waals surface area contributed by atoms with E-state index in [0.29, 0.717) is 23.3 Å². The van der Waals surface area contributed by atoms with E-state index in [1.165, 1.54) is 5.06 Å². The van der Waals surface area contributed by atoms with Gasteiger partial charge >= 0.3 is 0 Å². The van der Waals surface area contributed by atoms with Gasteiger partial charge in [0.2, 0.25) is 0 Å². The van der Waals surface area contributed by atoms with Gasteiger partial charge < -0.3 is 5.21 Å². The molecule has 0 amide bonds. The van der Waals surface area contributed by atoms with Crippen molar-refractivity contribution in [3.8, 4) is 0 Å². The molecule has 1 aromatic carbocycles. The van der Waals surface area contributed by atoms with Gasteiger partial charge in [-0.1, -0.05) is 51.0 Å². The number of hydrogen-bond donors (Lipinski definition) is 1. The maximum Gasteiger partial charge on any atom is 0.180 e. The minimum atomic E-state index is -3.52. The van der Waals surface area contributed by atoms with Gasteiger partial charge in [0.25, 0.3) is 0 Å². The molecule has 1 aromatic heterocycles. The average molecular weight is 375 g/mol. The Kier molecular flexibility index (Phi) is 5.46. The number of hydrogen-bond acceptors (Lipinski definition) is 5. The van der Waals surface area contributed by atoms with Gasteiger partial charge in [0.15, 0.2) is 9.84 Å². The van der Waals surface area contributed by atoms with Crippen LogP contribution >= 0.6 is 0 Å². The van der Waals surface area contributed by atoms with E-state index in [1.807, 2.05) is 25.1 Å². The Bertz CT molecular complexity index is 854. The van der Waals surface area contributed by atoms with E-state index in [2.05, 4.69) is 11.9 Å². The van der Waals surface area contributed by atoms with Crippen molar-refractivity contribution < 1.29 is 13.6 Å². The van der Waals surface area contributed by atoms with Crippen LogP contribution in [0.5, 0.6) is 0 Å². The number of nitrogens with zero attached hydrogens (tertiary/aromatic N) is 2. The van der Waals surface area contributed by atoms with Gasteiger partial charge in [0.05, 0.1) is 22.2 Å². The minimum absolute atomic E-state index is 0.0826. The first kappa shape index (κ1) is 19.0. The van der Waals surface area contributed by atoms with Crippen molar-refractivity contribution in [2.24, 2.45) is 0 Å². The first-order valence-electron chi connectivity index (χ1n) is 9.15. The summed E-state index contributed by atoms with van der Waals surface area (Å²) in [5.41, 5.74) is 0.567. The predicted molar refractivity (Wildman–Crippen MR) is 101 cm³/mol. The van der Waals surface area contributed by atoms with Crippen molar-refractivity contribution >= 4 is 9.84 Å². The molecule has 2 heterocycles. The zero-order valence-corrected chi connectivity index (χ0v) is 16.1. The Hall–Kier alpha value is -1.76. The summed E-state index contributed by atoms with van der Waals surface area (Å²) in [6.45, 7) is 4.02. The first-order valence-corrected chi connectivity index (χ1v) is 10.8. The molecule has 0 saturated carbocycles.